The van der Waals surface area contributed by atoms with E-state index >= 15 is 0 Å². The van der Waals surface area contributed by atoms with E-state index in [2.05, 4.69) is 4.18 Å². The van der Waals surface area contributed by atoms with Crippen LogP contribution < -0.4 is 0 Å². The van der Waals surface area contributed by atoms with Gasteiger partial charge in [0, 0.05) is 0 Å². The first-order valence-electron chi connectivity index (χ1n) is 5.55. The molecule has 0 aliphatic carbocycles. The minimum atomic E-state index is -3.78. The van der Waals surface area contributed by atoms with Crippen molar-refractivity contribution in [1.82, 2.24) is 0 Å². The monoisotopic (exact) mass is 276 g/mol. The van der Waals surface area contributed by atoms with E-state index in [1.165, 1.54) is 12.1 Å². The lowest BCUT2D eigenvalue weighted by atomic mass is 10.0. The molecule has 0 atom stereocenters. The first-order valence-corrected chi connectivity index (χ1v) is 7.37. The summed E-state index contributed by atoms with van der Waals surface area (Å²) in [6, 6.07) is 16.2. The molecule has 0 amide bonds. The van der Waals surface area contributed by atoms with Gasteiger partial charge in [-0.15, -0.1) is 0 Å². The summed E-state index contributed by atoms with van der Waals surface area (Å²) in [4.78, 5) is 11.5. The maximum Gasteiger partial charge on any atom is 0.353 e. The number of benzene rings is 2. The lowest BCUT2D eigenvalue weighted by Gasteiger charge is -2.04. The topological polar surface area (TPSA) is 60.4 Å². The summed E-state index contributed by atoms with van der Waals surface area (Å²) in [6.07, 6.45) is 0.837. The van der Waals surface area contributed by atoms with Crippen LogP contribution in [0.5, 0.6) is 0 Å². The minimum absolute atomic E-state index is 0.199. The number of carbonyl (C=O) groups excluding carboxylic acids is 1. The van der Waals surface area contributed by atoms with E-state index in [1.807, 2.05) is 30.3 Å². The summed E-state index contributed by atoms with van der Waals surface area (Å²) in [7, 11) is -3.78. The van der Waals surface area contributed by atoms with Gasteiger partial charge in [0.25, 0.3) is 0 Å². The fraction of sp³-hybridized carbons (Fsp3) is 0.0714. The van der Waals surface area contributed by atoms with E-state index in [4.69, 9.17) is 0 Å². The summed E-state index contributed by atoms with van der Waals surface area (Å²) >= 11 is 0. The van der Waals surface area contributed by atoms with E-state index in [-0.39, 0.29) is 5.56 Å². The standard InChI is InChI=1S/C14H12O4S/c1-19(16,17)18-14(15)13-9-7-12(8-10-13)11-5-3-2-4-6-11/h2-10H,1H3. The zero-order chi connectivity index (χ0) is 13.9. The normalized spacial score (nSPS) is 11.0. The van der Waals surface area contributed by atoms with Crippen LogP contribution in [0.3, 0.4) is 0 Å². The van der Waals surface area contributed by atoms with Crippen molar-refractivity contribution in [2.75, 3.05) is 6.26 Å². The van der Waals surface area contributed by atoms with Crippen LogP contribution >= 0.6 is 0 Å². The van der Waals surface area contributed by atoms with Crippen LogP contribution in [0.1, 0.15) is 10.4 Å². The third-order valence-electron chi connectivity index (χ3n) is 2.45. The van der Waals surface area contributed by atoms with Gasteiger partial charge in [-0.2, -0.15) is 8.42 Å². The predicted octanol–water partition coefficient (Wildman–Crippen LogP) is 2.47. The summed E-state index contributed by atoms with van der Waals surface area (Å²) in [5.41, 5.74) is 2.16. The molecule has 0 saturated carbocycles. The van der Waals surface area contributed by atoms with E-state index < -0.39 is 16.1 Å². The van der Waals surface area contributed by atoms with Gasteiger partial charge in [0.15, 0.2) is 0 Å². The molecule has 0 unspecified atom stereocenters. The van der Waals surface area contributed by atoms with Crippen molar-refractivity contribution < 1.29 is 17.4 Å². The molecule has 0 heterocycles. The van der Waals surface area contributed by atoms with Gasteiger partial charge in [-0.1, -0.05) is 42.5 Å². The third-order valence-corrected chi connectivity index (χ3v) is 2.91. The van der Waals surface area contributed by atoms with Gasteiger partial charge in [-0.05, 0) is 23.3 Å². The lowest BCUT2D eigenvalue weighted by molar-refractivity contribution is 0.0748. The molecule has 2 aromatic carbocycles. The molecule has 2 rings (SSSR count). The smallest absolute Gasteiger partial charge is 0.341 e. The van der Waals surface area contributed by atoms with Crippen molar-refractivity contribution in [3.05, 3.63) is 60.2 Å². The summed E-state index contributed by atoms with van der Waals surface area (Å²) in [5.74, 6) is -0.873. The molecule has 0 fully saturated rings. The van der Waals surface area contributed by atoms with Gasteiger partial charge in [0.2, 0.25) is 0 Å². The van der Waals surface area contributed by atoms with Crippen molar-refractivity contribution >= 4 is 16.1 Å². The maximum atomic E-state index is 11.5. The number of hydrogen-bond acceptors (Lipinski definition) is 4. The average Bonchev–Trinajstić information content (AvgIpc) is 2.38. The van der Waals surface area contributed by atoms with Crippen molar-refractivity contribution in [3.63, 3.8) is 0 Å². The number of hydrogen-bond donors (Lipinski definition) is 0. The maximum absolute atomic E-state index is 11.5. The minimum Gasteiger partial charge on any atom is -0.341 e. The summed E-state index contributed by atoms with van der Waals surface area (Å²) in [5, 5.41) is 0. The number of rotatable bonds is 3. The Bertz CT molecular complexity index is 673. The molecule has 0 aliphatic heterocycles. The van der Waals surface area contributed by atoms with Gasteiger partial charge in [0.1, 0.15) is 0 Å². The molecule has 5 heteroatoms. The molecule has 98 valence electrons. The Morgan fingerprint density at radius 2 is 1.42 bits per heavy atom. The zero-order valence-corrected chi connectivity index (χ0v) is 11.1. The quantitative estimate of drug-likeness (QED) is 0.808. The van der Waals surface area contributed by atoms with Crippen LogP contribution in [0.25, 0.3) is 11.1 Å². The van der Waals surface area contributed by atoms with Crippen LogP contribution in [0.2, 0.25) is 0 Å². The van der Waals surface area contributed by atoms with Crippen LogP contribution in [0.4, 0.5) is 0 Å². The second-order valence-electron chi connectivity index (χ2n) is 4.02. The van der Waals surface area contributed by atoms with Gasteiger partial charge in [-0.3, -0.25) is 0 Å². The SMILES string of the molecule is CS(=O)(=O)OC(=O)c1ccc(-c2ccccc2)cc1. The van der Waals surface area contributed by atoms with E-state index in [1.54, 1.807) is 12.1 Å². The van der Waals surface area contributed by atoms with Crippen LogP contribution in [-0.2, 0) is 14.3 Å². The Kier molecular flexibility index (Phi) is 3.66. The van der Waals surface area contributed by atoms with E-state index in [9.17, 15) is 13.2 Å². The van der Waals surface area contributed by atoms with Crippen molar-refractivity contribution in [2.45, 2.75) is 0 Å². The zero-order valence-electron chi connectivity index (χ0n) is 10.2. The largest absolute Gasteiger partial charge is 0.353 e. The first-order chi connectivity index (χ1) is 8.96. The van der Waals surface area contributed by atoms with Crippen LogP contribution in [0, 0.1) is 0 Å². The molecule has 0 radical (unpaired) electrons. The highest BCUT2D eigenvalue weighted by Gasteiger charge is 2.13. The van der Waals surface area contributed by atoms with Gasteiger partial charge < -0.3 is 4.18 Å². The molecule has 0 bridgehead atoms. The Hall–Kier alpha value is -2.14. The molecule has 4 nitrogen and oxygen atoms in total. The molecule has 0 saturated heterocycles. The van der Waals surface area contributed by atoms with Crippen molar-refractivity contribution in [2.24, 2.45) is 0 Å². The molecule has 0 N–H and O–H groups in total. The van der Waals surface area contributed by atoms with Gasteiger partial charge >= 0.3 is 16.1 Å². The Morgan fingerprint density at radius 1 is 0.895 bits per heavy atom. The molecule has 0 aliphatic rings. The summed E-state index contributed by atoms with van der Waals surface area (Å²) < 4.78 is 26.0. The molecule has 2 aromatic rings. The Balaban J connectivity index is 2.22. The molecular formula is C14H12O4S. The van der Waals surface area contributed by atoms with Crippen LogP contribution in [0.15, 0.2) is 54.6 Å². The second-order valence-corrected chi connectivity index (χ2v) is 5.59. The first kappa shape index (κ1) is 13.3. The lowest BCUT2D eigenvalue weighted by Crippen LogP contribution is -2.11. The molecule has 0 spiro atoms. The number of carbonyl (C=O) groups is 1. The fourth-order valence-corrected chi connectivity index (χ4v) is 1.99. The second kappa shape index (κ2) is 5.24. The molecule has 0 aromatic heterocycles. The Labute approximate surface area is 111 Å². The average molecular weight is 276 g/mol. The fourth-order valence-electron chi connectivity index (χ4n) is 1.61. The predicted molar refractivity (Wildman–Crippen MR) is 72.1 cm³/mol. The van der Waals surface area contributed by atoms with Crippen LogP contribution in [-0.4, -0.2) is 20.6 Å². The van der Waals surface area contributed by atoms with E-state index in [0.29, 0.717) is 0 Å². The highest BCUT2D eigenvalue weighted by molar-refractivity contribution is 7.86. The van der Waals surface area contributed by atoms with E-state index in [0.717, 1.165) is 17.4 Å². The van der Waals surface area contributed by atoms with Gasteiger partial charge in [-0.25, -0.2) is 4.79 Å². The molecular weight excluding hydrogens is 264 g/mol. The van der Waals surface area contributed by atoms with Crippen molar-refractivity contribution in [3.8, 4) is 11.1 Å². The highest BCUT2D eigenvalue weighted by Crippen LogP contribution is 2.19. The Morgan fingerprint density at radius 3 is 1.95 bits per heavy atom. The van der Waals surface area contributed by atoms with Gasteiger partial charge in [0.05, 0.1) is 11.8 Å². The highest BCUT2D eigenvalue weighted by atomic mass is 32.2. The summed E-state index contributed by atoms with van der Waals surface area (Å²) in [6.45, 7) is 0. The third kappa shape index (κ3) is 3.66. The molecule has 19 heavy (non-hydrogen) atoms. The van der Waals surface area contributed by atoms with Crippen molar-refractivity contribution in [1.29, 1.82) is 0 Å².